The monoisotopic (exact) mass is 416 g/mol. The van der Waals surface area contributed by atoms with Crippen molar-refractivity contribution < 1.29 is 0 Å². The van der Waals surface area contributed by atoms with Crippen molar-refractivity contribution in [2.75, 3.05) is 31.5 Å². The lowest BCUT2D eigenvalue weighted by molar-refractivity contribution is 0.117. The number of nitrogens with one attached hydrogen (secondary N) is 2. The first-order valence-electron chi connectivity index (χ1n) is 11.2. The fourth-order valence-electron chi connectivity index (χ4n) is 4.16. The minimum atomic E-state index is 0.577. The molecule has 6 heteroatoms. The highest BCUT2D eigenvalue weighted by Gasteiger charge is 2.24. The van der Waals surface area contributed by atoms with Crippen molar-refractivity contribution in [3.8, 4) is 11.3 Å². The van der Waals surface area contributed by atoms with E-state index in [4.69, 9.17) is 4.98 Å². The predicted molar refractivity (Wildman–Crippen MR) is 126 cm³/mol. The van der Waals surface area contributed by atoms with Crippen molar-refractivity contribution in [1.82, 2.24) is 25.2 Å². The van der Waals surface area contributed by atoms with E-state index >= 15 is 0 Å². The third-order valence-electron chi connectivity index (χ3n) is 5.88. The molecule has 2 aromatic heterocycles. The van der Waals surface area contributed by atoms with Gasteiger partial charge in [0.05, 0.1) is 5.69 Å². The Morgan fingerprint density at radius 1 is 1.10 bits per heavy atom. The van der Waals surface area contributed by atoms with Crippen LogP contribution < -0.4 is 10.6 Å². The third kappa shape index (κ3) is 5.87. The van der Waals surface area contributed by atoms with E-state index in [0.717, 1.165) is 50.4 Å². The zero-order valence-electron chi connectivity index (χ0n) is 18.5. The molecule has 2 N–H and O–H groups in total. The summed E-state index contributed by atoms with van der Waals surface area (Å²) in [7, 11) is 0. The second kappa shape index (κ2) is 10.5. The molecule has 6 nitrogen and oxygen atoms in total. The van der Waals surface area contributed by atoms with E-state index in [1.54, 1.807) is 0 Å². The van der Waals surface area contributed by atoms with Crippen molar-refractivity contribution in [2.45, 2.75) is 32.9 Å². The Morgan fingerprint density at radius 2 is 1.97 bits per heavy atom. The number of piperazine rings is 1. The molecule has 0 radical (unpaired) electrons. The lowest BCUT2D eigenvalue weighted by Gasteiger charge is -2.38. The highest BCUT2D eigenvalue weighted by atomic mass is 15.2. The summed E-state index contributed by atoms with van der Waals surface area (Å²) in [6.07, 6.45) is 6.38. The number of anilines is 1. The van der Waals surface area contributed by atoms with E-state index in [0.29, 0.717) is 17.9 Å². The van der Waals surface area contributed by atoms with Crippen LogP contribution in [0.1, 0.15) is 25.0 Å². The predicted octanol–water partition coefficient (Wildman–Crippen LogP) is 3.62. The van der Waals surface area contributed by atoms with Gasteiger partial charge in [0.1, 0.15) is 0 Å². The molecule has 4 rings (SSSR count). The average Bonchev–Trinajstić information content (AvgIpc) is 2.80. The van der Waals surface area contributed by atoms with Crippen LogP contribution in [0.25, 0.3) is 11.3 Å². The zero-order valence-corrected chi connectivity index (χ0v) is 18.5. The van der Waals surface area contributed by atoms with Crippen molar-refractivity contribution in [3.63, 3.8) is 0 Å². The smallest absolute Gasteiger partial charge is 0.223 e. The summed E-state index contributed by atoms with van der Waals surface area (Å²) in [6.45, 7) is 9.59. The molecule has 1 unspecified atom stereocenters. The van der Waals surface area contributed by atoms with Gasteiger partial charge in [-0.15, -0.1) is 0 Å². The van der Waals surface area contributed by atoms with Crippen molar-refractivity contribution >= 4 is 5.95 Å². The summed E-state index contributed by atoms with van der Waals surface area (Å²) in [6, 6.07) is 15.4. The summed E-state index contributed by atoms with van der Waals surface area (Å²) >= 11 is 0. The number of hydrogen-bond donors (Lipinski definition) is 2. The second-order valence-corrected chi connectivity index (χ2v) is 8.48. The molecule has 1 saturated heterocycles. The van der Waals surface area contributed by atoms with E-state index in [2.05, 4.69) is 63.6 Å². The lowest BCUT2D eigenvalue weighted by Crippen LogP contribution is -2.52. The molecular formula is C25H32N6. The van der Waals surface area contributed by atoms with Crippen LogP contribution in [0.3, 0.4) is 0 Å². The molecule has 0 spiro atoms. The first-order chi connectivity index (χ1) is 15.2. The molecule has 0 bridgehead atoms. The van der Waals surface area contributed by atoms with Crippen LogP contribution in [0.5, 0.6) is 0 Å². The molecule has 0 saturated carbocycles. The highest BCUT2D eigenvalue weighted by Crippen LogP contribution is 2.22. The van der Waals surface area contributed by atoms with Gasteiger partial charge in [-0.25, -0.2) is 9.97 Å². The Labute approximate surface area is 185 Å². The normalized spacial score (nSPS) is 17.1. The van der Waals surface area contributed by atoms with Gasteiger partial charge in [-0.1, -0.05) is 32.0 Å². The van der Waals surface area contributed by atoms with E-state index < -0.39 is 0 Å². The van der Waals surface area contributed by atoms with Crippen LogP contribution in [0.2, 0.25) is 0 Å². The largest absolute Gasteiger partial charge is 0.354 e. The van der Waals surface area contributed by atoms with E-state index in [1.165, 1.54) is 11.1 Å². The van der Waals surface area contributed by atoms with Crippen LogP contribution in [0.15, 0.2) is 61.1 Å². The van der Waals surface area contributed by atoms with Gasteiger partial charge >= 0.3 is 0 Å². The van der Waals surface area contributed by atoms with Crippen LogP contribution in [0, 0.1) is 5.92 Å². The van der Waals surface area contributed by atoms with Gasteiger partial charge in [0.15, 0.2) is 0 Å². The fourth-order valence-corrected chi connectivity index (χ4v) is 4.16. The lowest BCUT2D eigenvalue weighted by atomic mass is 9.99. The molecule has 31 heavy (non-hydrogen) atoms. The number of pyridine rings is 1. The number of benzene rings is 1. The molecule has 1 atom stereocenters. The summed E-state index contributed by atoms with van der Waals surface area (Å²) in [5, 5.41) is 6.88. The van der Waals surface area contributed by atoms with Crippen LogP contribution in [0.4, 0.5) is 5.95 Å². The number of aromatic nitrogens is 3. The van der Waals surface area contributed by atoms with Gasteiger partial charge in [0.25, 0.3) is 0 Å². The molecule has 3 heterocycles. The zero-order chi connectivity index (χ0) is 21.5. The average molecular weight is 417 g/mol. The van der Waals surface area contributed by atoms with E-state index in [1.807, 2.05) is 36.8 Å². The maximum Gasteiger partial charge on any atom is 0.223 e. The number of nitrogens with zero attached hydrogens (tertiary/aromatic N) is 4. The summed E-state index contributed by atoms with van der Waals surface area (Å²) in [5.41, 5.74) is 4.66. The molecule has 1 aromatic carbocycles. The van der Waals surface area contributed by atoms with Crippen molar-refractivity contribution in [2.24, 2.45) is 5.92 Å². The van der Waals surface area contributed by atoms with Crippen LogP contribution >= 0.6 is 0 Å². The van der Waals surface area contributed by atoms with E-state index in [-0.39, 0.29) is 0 Å². The Bertz CT molecular complexity index is 959. The van der Waals surface area contributed by atoms with Gasteiger partial charge in [-0.3, -0.25) is 9.88 Å². The molecule has 1 fully saturated rings. The van der Waals surface area contributed by atoms with Crippen molar-refractivity contribution in [1.29, 1.82) is 0 Å². The van der Waals surface area contributed by atoms with Gasteiger partial charge in [0.2, 0.25) is 5.95 Å². The third-order valence-corrected chi connectivity index (χ3v) is 5.88. The molecule has 0 aliphatic carbocycles. The first-order valence-corrected chi connectivity index (χ1v) is 11.2. The Morgan fingerprint density at radius 3 is 2.81 bits per heavy atom. The topological polar surface area (TPSA) is 66.0 Å². The minimum Gasteiger partial charge on any atom is -0.354 e. The molecule has 0 amide bonds. The molecule has 1 aliphatic heterocycles. The molecular weight excluding hydrogens is 384 g/mol. The standard InChI is InChI=1S/C25H32N6/c1-19(2)24-17-27-14-15-31(24)18-21-4-3-5-22(16-21)23-9-13-29-25(30-23)28-12-8-20-6-10-26-11-7-20/h3-7,9-11,13,16,19,24,27H,8,12,14-15,17-18H2,1-2H3,(H,28,29,30). The summed E-state index contributed by atoms with van der Waals surface area (Å²) in [5.74, 6) is 1.30. The van der Waals surface area contributed by atoms with Crippen LogP contribution in [-0.2, 0) is 13.0 Å². The van der Waals surface area contributed by atoms with E-state index in [9.17, 15) is 0 Å². The molecule has 162 valence electrons. The SMILES string of the molecule is CC(C)C1CNCCN1Cc1cccc(-c2ccnc(NCCc3ccncc3)n2)c1. The highest BCUT2D eigenvalue weighted by molar-refractivity contribution is 5.60. The van der Waals surface area contributed by atoms with Crippen LogP contribution in [-0.4, -0.2) is 52.1 Å². The van der Waals surface area contributed by atoms with Gasteiger partial charge in [-0.2, -0.15) is 0 Å². The number of rotatable bonds is 8. The Kier molecular flexibility index (Phi) is 7.22. The van der Waals surface area contributed by atoms with Gasteiger partial charge in [-0.05, 0) is 47.7 Å². The number of hydrogen-bond acceptors (Lipinski definition) is 6. The Balaban J connectivity index is 1.42. The van der Waals surface area contributed by atoms with Gasteiger partial charge < -0.3 is 10.6 Å². The minimum absolute atomic E-state index is 0.577. The Hall–Kier alpha value is -2.83. The molecule has 1 aliphatic rings. The fraction of sp³-hybridized carbons (Fsp3) is 0.400. The quantitative estimate of drug-likeness (QED) is 0.585. The summed E-state index contributed by atoms with van der Waals surface area (Å²) < 4.78 is 0. The first kappa shape index (κ1) is 21.4. The van der Waals surface area contributed by atoms with Gasteiger partial charge in [0, 0.05) is 62.9 Å². The molecule has 3 aromatic rings. The second-order valence-electron chi connectivity index (χ2n) is 8.48. The summed E-state index contributed by atoms with van der Waals surface area (Å²) in [4.78, 5) is 15.8. The maximum atomic E-state index is 4.75. The van der Waals surface area contributed by atoms with Crippen molar-refractivity contribution in [3.05, 3.63) is 72.2 Å². The maximum absolute atomic E-state index is 4.75.